The summed E-state index contributed by atoms with van der Waals surface area (Å²) < 4.78 is 66.3. The molecule has 0 saturated heterocycles. The SMILES string of the molecule is COc1ccc(C(CC(=O)OC(=O)C(F)(F)F)Cc2nnc(CCCc3ccc4c(n3)NCCC4)o2)cc1F. The summed E-state index contributed by atoms with van der Waals surface area (Å²) in [6, 6.07) is 7.91. The van der Waals surface area contributed by atoms with Crippen molar-refractivity contribution in [2.45, 2.75) is 57.0 Å². The van der Waals surface area contributed by atoms with Gasteiger partial charge in [-0.05, 0) is 55.0 Å². The molecule has 2 aromatic heterocycles. The van der Waals surface area contributed by atoms with Gasteiger partial charge in [0.1, 0.15) is 5.82 Å². The standard InChI is InChI=1S/C26H26F4N4O5/c1-37-20-10-8-16(12-19(20)27)17(14-23(35)39-25(36)26(28,29)30)13-22-34-33-21(38-22)6-2-5-18-9-7-15-4-3-11-31-24(15)32-18/h7-10,12,17H,2-6,11,13-14H2,1H3,(H,31,32). The monoisotopic (exact) mass is 550 g/mol. The van der Waals surface area contributed by atoms with Crippen LogP contribution in [0.4, 0.5) is 23.4 Å². The third kappa shape index (κ3) is 7.52. The lowest BCUT2D eigenvalue weighted by atomic mass is 9.92. The number of anilines is 1. The van der Waals surface area contributed by atoms with Gasteiger partial charge in [-0.15, -0.1) is 10.2 Å². The molecular weight excluding hydrogens is 524 g/mol. The van der Waals surface area contributed by atoms with Gasteiger partial charge in [0.2, 0.25) is 11.8 Å². The number of carbonyl (C=O) groups excluding carboxylic acids is 2. The number of ether oxygens (including phenoxy) is 2. The predicted octanol–water partition coefficient (Wildman–Crippen LogP) is 4.49. The summed E-state index contributed by atoms with van der Waals surface area (Å²) in [6.45, 7) is 0.898. The number of nitrogens with one attached hydrogen (secondary N) is 1. The van der Waals surface area contributed by atoms with Crippen molar-refractivity contribution in [2.75, 3.05) is 19.0 Å². The van der Waals surface area contributed by atoms with E-state index in [1.807, 2.05) is 6.07 Å². The Morgan fingerprint density at radius 3 is 2.67 bits per heavy atom. The summed E-state index contributed by atoms with van der Waals surface area (Å²) in [6.07, 6.45) is -2.22. The number of hydrogen-bond acceptors (Lipinski definition) is 9. The number of hydrogen-bond donors (Lipinski definition) is 1. The Morgan fingerprint density at radius 2 is 1.92 bits per heavy atom. The molecule has 1 aliphatic heterocycles. The minimum atomic E-state index is -5.33. The Balaban J connectivity index is 1.40. The van der Waals surface area contributed by atoms with Gasteiger partial charge in [0.25, 0.3) is 0 Å². The molecule has 0 aliphatic carbocycles. The van der Waals surface area contributed by atoms with E-state index >= 15 is 0 Å². The molecular formula is C26H26F4N4O5. The van der Waals surface area contributed by atoms with Crippen LogP contribution in [0.25, 0.3) is 0 Å². The number of aryl methyl sites for hydroxylation is 3. The molecule has 0 bridgehead atoms. The number of benzene rings is 1. The molecule has 208 valence electrons. The molecule has 1 unspecified atom stereocenters. The van der Waals surface area contributed by atoms with E-state index in [0.717, 1.165) is 37.0 Å². The van der Waals surface area contributed by atoms with Crippen LogP contribution in [0, 0.1) is 5.82 Å². The van der Waals surface area contributed by atoms with Crippen LogP contribution < -0.4 is 10.1 Å². The first-order chi connectivity index (χ1) is 18.6. The molecule has 0 radical (unpaired) electrons. The normalized spacial score (nSPS) is 13.8. The van der Waals surface area contributed by atoms with Crippen molar-refractivity contribution in [3.8, 4) is 5.75 Å². The van der Waals surface area contributed by atoms with E-state index in [0.29, 0.717) is 25.2 Å². The Bertz CT molecular complexity index is 1330. The average Bonchev–Trinajstić information content (AvgIpc) is 3.34. The second-order valence-corrected chi connectivity index (χ2v) is 9.04. The highest BCUT2D eigenvalue weighted by Crippen LogP contribution is 2.29. The molecule has 1 aromatic carbocycles. The van der Waals surface area contributed by atoms with Gasteiger partial charge in [-0.1, -0.05) is 12.1 Å². The number of aromatic nitrogens is 3. The summed E-state index contributed by atoms with van der Waals surface area (Å²) in [5.74, 6) is -4.43. The number of nitrogens with zero attached hydrogens (tertiary/aromatic N) is 3. The first-order valence-corrected chi connectivity index (χ1v) is 12.3. The number of rotatable bonds is 10. The molecule has 0 saturated carbocycles. The maximum atomic E-state index is 14.3. The Hall–Kier alpha value is -4.03. The van der Waals surface area contributed by atoms with Gasteiger partial charge in [-0.3, -0.25) is 4.79 Å². The van der Waals surface area contributed by atoms with Gasteiger partial charge in [0.15, 0.2) is 11.6 Å². The third-order valence-electron chi connectivity index (χ3n) is 6.20. The molecule has 0 fully saturated rings. The number of fused-ring (bicyclic) bond motifs is 1. The quantitative estimate of drug-likeness (QED) is 0.221. The minimum absolute atomic E-state index is 0.0587. The molecule has 1 N–H and O–H groups in total. The maximum Gasteiger partial charge on any atom is 0.491 e. The van der Waals surface area contributed by atoms with E-state index in [2.05, 4.69) is 31.3 Å². The number of halogens is 4. The van der Waals surface area contributed by atoms with Crippen molar-refractivity contribution in [3.05, 3.63) is 64.8 Å². The molecule has 39 heavy (non-hydrogen) atoms. The highest BCUT2D eigenvalue weighted by atomic mass is 19.4. The fraction of sp³-hybridized carbons (Fsp3) is 0.423. The number of esters is 2. The van der Waals surface area contributed by atoms with Crippen molar-refractivity contribution in [3.63, 3.8) is 0 Å². The highest BCUT2D eigenvalue weighted by molar-refractivity contribution is 5.88. The van der Waals surface area contributed by atoms with Crippen molar-refractivity contribution in [1.29, 1.82) is 0 Å². The predicted molar refractivity (Wildman–Crippen MR) is 129 cm³/mol. The van der Waals surface area contributed by atoms with Crippen molar-refractivity contribution in [1.82, 2.24) is 15.2 Å². The van der Waals surface area contributed by atoms with E-state index < -0.39 is 36.3 Å². The Morgan fingerprint density at radius 1 is 1.13 bits per heavy atom. The lowest BCUT2D eigenvalue weighted by Crippen LogP contribution is -2.28. The molecule has 0 amide bonds. The zero-order chi connectivity index (χ0) is 28.0. The fourth-order valence-electron chi connectivity index (χ4n) is 4.26. The van der Waals surface area contributed by atoms with Gasteiger partial charge < -0.3 is 19.2 Å². The first-order valence-electron chi connectivity index (χ1n) is 12.3. The zero-order valence-corrected chi connectivity index (χ0v) is 21.0. The fourth-order valence-corrected chi connectivity index (χ4v) is 4.26. The van der Waals surface area contributed by atoms with Gasteiger partial charge >= 0.3 is 18.1 Å². The van der Waals surface area contributed by atoms with Crippen molar-refractivity contribution >= 4 is 17.8 Å². The summed E-state index contributed by atoms with van der Waals surface area (Å²) >= 11 is 0. The van der Waals surface area contributed by atoms with E-state index in [1.165, 1.54) is 24.8 Å². The molecule has 1 atom stereocenters. The van der Waals surface area contributed by atoms with E-state index in [-0.39, 0.29) is 23.6 Å². The van der Waals surface area contributed by atoms with Crippen LogP contribution >= 0.6 is 0 Å². The molecule has 4 rings (SSSR count). The highest BCUT2D eigenvalue weighted by Gasteiger charge is 2.42. The van der Waals surface area contributed by atoms with Crippen LogP contribution in [0.1, 0.15) is 53.8 Å². The summed E-state index contributed by atoms with van der Waals surface area (Å²) in [7, 11) is 1.27. The van der Waals surface area contributed by atoms with Crippen molar-refractivity contribution < 1.29 is 41.0 Å². The molecule has 13 heteroatoms. The van der Waals surface area contributed by atoms with E-state index in [9.17, 15) is 27.2 Å². The number of methoxy groups -OCH3 is 1. The summed E-state index contributed by atoms with van der Waals surface area (Å²) in [4.78, 5) is 27.8. The lowest BCUT2D eigenvalue weighted by molar-refractivity contribution is -0.202. The van der Waals surface area contributed by atoms with Gasteiger partial charge in [0, 0.05) is 31.0 Å². The minimum Gasteiger partial charge on any atom is -0.494 e. The lowest BCUT2D eigenvalue weighted by Gasteiger charge is -2.17. The topological polar surface area (TPSA) is 116 Å². The number of alkyl halides is 3. The molecule has 1 aliphatic rings. The van der Waals surface area contributed by atoms with Gasteiger partial charge in [0.05, 0.1) is 13.5 Å². The summed E-state index contributed by atoms with van der Waals surface area (Å²) in [5.41, 5.74) is 2.37. The second kappa shape index (κ2) is 12.2. The largest absolute Gasteiger partial charge is 0.494 e. The van der Waals surface area contributed by atoms with E-state index in [4.69, 9.17) is 9.15 Å². The first kappa shape index (κ1) is 28.0. The second-order valence-electron chi connectivity index (χ2n) is 9.04. The van der Waals surface area contributed by atoms with Crippen LogP contribution in [0.2, 0.25) is 0 Å². The van der Waals surface area contributed by atoms with Crippen LogP contribution in [-0.4, -0.2) is 47.0 Å². The smallest absolute Gasteiger partial charge is 0.491 e. The third-order valence-corrected chi connectivity index (χ3v) is 6.20. The number of carbonyl (C=O) groups is 2. The zero-order valence-electron chi connectivity index (χ0n) is 21.0. The van der Waals surface area contributed by atoms with Gasteiger partial charge in [-0.25, -0.2) is 14.2 Å². The van der Waals surface area contributed by atoms with Crippen LogP contribution in [0.15, 0.2) is 34.7 Å². The average molecular weight is 551 g/mol. The van der Waals surface area contributed by atoms with Crippen LogP contribution in [0.5, 0.6) is 5.75 Å². The molecule has 3 heterocycles. The Labute approximate surface area is 220 Å². The maximum absolute atomic E-state index is 14.3. The summed E-state index contributed by atoms with van der Waals surface area (Å²) in [5, 5.41) is 11.3. The van der Waals surface area contributed by atoms with Crippen LogP contribution in [-0.2, 0) is 40.0 Å². The van der Waals surface area contributed by atoms with E-state index in [1.54, 1.807) is 0 Å². The number of pyridine rings is 1. The van der Waals surface area contributed by atoms with Gasteiger partial charge in [-0.2, -0.15) is 13.2 Å². The van der Waals surface area contributed by atoms with Crippen molar-refractivity contribution in [2.24, 2.45) is 0 Å². The molecule has 0 spiro atoms. The van der Waals surface area contributed by atoms with Crippen LogP contribution in [0.3, 0.4) is 0 Å². The Kier molecular flexibility index (Phi) is 8.77. The molecule has 9 nitrogen and oxygen atoms in total. The molecule has 3 aromatic rings.